The molecule has 0 fully saturated rings. The Hall–Kier alpha value is -1.30. The molecule has 0 spiro atoms. The van der Waals surface area contributed by atoms with Gasteiger partial charge in [0.25, 0.3) is 5.91 Å². The van der Waals surface area contributed by atoms with E-state index in [4.69, 9.17) is 0 Å². The molecular formula is C11H15FN2O2S. The van der Waals surface area contributed by atoms with Gasteiger partial charge in [-0.3, -0.25) is 9.00 Å². The summed E-state index contributed by atoms with van der Waals surface area (Å²) < 4.78 is 23.8. The lowest BCUT2D eigenvalue weighted by molar-refractivity contribution is 0.0952. The third-order valence-electron chi connectivity index (χ3n) is 2.39. The second-order valence-corrected chi connectivity index (χ2v) is 5.52. The van der Waals surface area contributed by atoms with Crippen molar-refractivity contribution in [1.29, 1.82) is 0 Å². The Bertz CT molecular complexity index is 426. The fraction of sp³-hybridized carbons (Fsp3) is 0.455. The van der Waals surface area contributed by atoms with Gasteiger partial charge in [0.1, 0.15) is 0 Å². The van der Waals surface area contributed by atoms with Gasteiger partial charge in [0.2, 0.25) is 5.95 Å². The number of nitrogens with zero attached hydrogens (tertiary/aromatic N) is 1. The van der Waals surface area contributed by atoms with Crippen molar-refractivity contribution in [2.45, 2.75) is 18.6 Å². The Balaban J connectivity index is 2.43. The normalized spacial score (nSPS) is 14.1. The predicted molar refractivity (Wildman–Crippen MR) is 64.7 cm³/mol. The zero-order valence-electron chi connectivity index (χ0n) is 9.77. The number of hydrogen-bond acceptors (Lipinski definition) is 3. The maximum Gasteiger partial charge on any atom is 0.251 e. The molecule has 1 amide bonds. The average molecular weight is 258 g/mol. The molecule has 1 aromatic rings. The quantitative estimate of drug-likeness (QED) is 0.805. The molecule has 1 N–H and O–H groups in total. The van der Waals surface area contributed by atoms with Crippen molar-refractivity contribution in [3.63, 3.8) is 0 Å². The first-order chi connectivity index (χ1) is 8.00. The Morgan fingerprint density at radius 1 is 1.65 bits per heavy atom. The summed E-state index contributed by atoms with van der Waals surface area (Å²) in [6.45, 7) is 2.28. The Morgan fingerprint density at radius 2 is 2.35 bits per heavy atom. The lowest BCUT2D eigenvalue weighted by Crippen LogP contribution is -2.27. The van der Waals surface area contributed by atoms with Crippen LogP contribution in [0.25, 0.3) is 0 Å². The number of nitrogens with one attached hydrogen (secondary N) is 1. The number of aromatic nitrogens is 1. The van der Waals surface area contributed by atoms with E-state index in [1.807, 2.05) is 6.92 Å². The number of amides is 1. The molecule has 1 rings (SSSR count). The van der Waals surface area contributed by atoms with Crippen LogP contribution in [0.1, 0.15) is 23.7 Å². The van der Waals surface area contributed by atoms with Gasteiger partial charge in [-0.15, -0.1) is 0 Å². The Kier molecular flexibility index (Phi) is 5.21. The molecule has 0 aliphatic rings. The van der Waals surface area contributed by atoms with Crippen molar-refractivity contribution in [3.8, 4) is 0 Å². The van der Waals surface area contributed by atoms with Crippen molar-refractivity contribution in [3.05, 3.63) is 29.8 Å². The zero-order valence-corrected chi connectivity index (χ0v) is 10.6. The van der Waals surface area contributed by atoms with Gasteiger partial charge in [0.15, 0.2) is 0 Å². The van der Waals surface area contributed by atoms with E-state index in [0.717, 1.165) is 6.07 Å². The standard InChI is InChI=1S/C11H15FN2O2S/c1-8(17(2)16)3-5-14-11(15)9-4-6-13-10(12)7-9/h4,6-8H,3,5H2,1-2H3,(H,14,15). The molecule has 6 heteroatoms. The molecule has 0 saturated carbocycles. The molecule has 0 bridgehead atoms. The van der Waals surface area contributed by atoms with Crippen LogP contribution in [0.2, 0.25) is 0 Å². The van der Waals surface area contributed by atoms with Gasteiger partial charge in [-0.2, -0.15) is 4.39 Å². The highest BCUT2D eigenvalue weighted by molar-refractivity contribution is 7.84. The molecule has 0 aromatic carbocycles. The number of hydrogen-bond donors (Lipinski definition) is 1. The number of rotatable bonds is 5. The second kappa shape index (κ2) is 6.44. The lowest BCUT2D eigenvalue weighted by Gasteiger charge is -2.09. The molecule has 94 valence electrons. The van der Waals surface area contributed by atoms with Gasteiger partial charge < -0.3 is 5.32 Å². The van der Waals surface area contributed by atoms with Crippen LogP contribution in [0, 0.1) is 5.95 Å². The molecule has 17 heavy (non-hydrogen) atoms. The van der Waals surface area contributed by atoms with E-state index in [-0.39, 0.29) is 16.7 Å². The minimum Gasteiger partial charge on any atom is -0.352 e. The molecule has 2 atom stereocenters. The fourth-order valence-corrected chi connectivity index (χ4v) is 1.65. The third kappa shape index (κ3) is 4.60. The number of pyridine rings is 1. The third-order valence-corrected chi connectivity index (χ3v) is 3.76. The molecule has 0 saturated heterocycles. The van der Waals surface area contributed by atoms with Crippen molar-refractivity contribution in [1.82, 2.24) is 10.3 Å². The van der Waals surface area contributed by atoms with E-state index in [0.29, 0.717) is 13.0 Å². The molecule has 4 nitrogen and oxygen atoms in total. The van der Waals surface area contributed by atoms with Crippen LogP contribution >= 0.6 is 0 Å². The fourth-order valence-electron chi connectivity index (χ4n) is 1.20. The van der Waals surface area contributed by atoms with Gasteiger partial charge in [0, 0.05) is 46.7 Å². The Labute approximate surface area is 102 Å². The van der Waals surface area contributed by atoms with Gasteiger partial charge in [-0.1, -0.05) is 6.92 Å². The number of carbonyl (C=O) groups is 1. The zero-order chi connectivity index (χ0) is 12.8. The van der Waals surface area contributed by atoms with E-state index in [9.17, 15) is 13.4 Å². The smallest absolute Gasteiger partial charge is 0.251 e. The summed E-state index contributed by atoms with van der Waals surface area (Å²) in [5.41, 5.74) is 0.239. The second-order valence-electron chi connectivity index (χ2n) is 3.72. The van der Waals surface area contributed by atoms with Crippen molar-refractivity contribution >= 4 is 16.7 Å². The summed E-state index contributed by atoms with van der Waals surface area (Å²) >= 11 is 0. The van der Waals surface area contributed by atoms with Crippen LogP contribution in [0.3, 0.4) is 0 Å². The van der Waals surface area contributed by atoms with Gasteiger partial charge in [0.05, 0.1) is 0 Å². The first-order valence-electron chi connectivity index (χ1n) is 5.22. The summed E-state index contributed by atoms with van der Waals surface area (Å²) in [7, 11) is -0.894. The highest BCUT2D eigenvalue weighted by atomic mass is 32.2. The van der Waals surface area contributed by atoms with Crippen molar-refractivity contribution in [2.75, 3.05) is 12.8 Å². The maximum absolute atomic E-state index is 12.8. The maximum atomic E-state index is 12.8. The van der Waals surface area contributed by atoms with Gasteiger partial charge in [-0.25, -0.2) is 4.98 Å². The Morgan fingerprint density at radius 3 is 2.94 bits per heavy atom. The molecule has 1 heterocycles. The van der Waals surface area contributed by atoms with Gasteiger partial charge >= 0.3 is 0 Å². The minimum atomic E-state index is -0.894. The van der Waals surface area contributed by atoms with E-state index >= 15 is 0 Å². The summed E-state index contributed by atoms with van der Waals surface area (Å²) in [4.78, 5) is 14.9. The van der Waals surface area contributed by atoms with E-state index < -0.39 is 16.7 Å². The number of halogens is 1. The van der Waals surface area contributed by atoms with Gasteiger partial charge in [-0.05, 0) is 12.5 Å². The summed E-state index contributed by atoms with van der Waals surface area (Å²) in [6.07, 6.45) is 3.50. The number of carbonyl (C=O) groups excluding carboxylic acids is 1. The van der Waals surface area contributed by atoms with Crippen molar-refractivity contribution < 1.29 is 13.4 Å². The largest absolute Gasteiger partial charge is 0.352 e. The summed E-state index contributed by atoms with van der Waals surface area (Å²) in [5.74, 6) is -1.03. The summed E-state index contributed by atoms with van der Waals surface area (Å²) in [6, 6.07) is 2.52. The predicted octanol–water partition coefficient (Wildman–Crippen LogP) is 1.11. The van der Waals surface area contributed by atoms with E-state index in [1.165, 1.54) is 12.3 Å². The van der Waals surface area contributed by atoms with Crippen LogP contribution in [-0.4, -0.2) is 33.2 Å². The van der Waals surface area contributed by atoms with Crippen molar-refractivity contribution in [2.24, 2.45) is 0 Å². The molecular weight excluding hydrogens is 243 g/mol. The minimum absolute atomic E-state index is 0.0319. The molecule has 0 aliphatic heterocycles. The molecule has 0 radical (unpaired) electrons. The highest BCUT2D eigenvalue weighted by Crippen LogP contribution is 2.01. The topological polar surface area (TPSA) is 59.1 Å². The molecule has 0 aliphatic carbocycles. The van der Waals surface area contributed by atoms with Crippen LogP contribution in [0.5, 0.6) is 0 Å². The highest BCUT2D eigenvalue weighted by Gasteiger charge is 2.09. The van der Waals surface area contributed by atoms with E-state index in [1.54, 1.807) is 6.26 Å². The monoisotopic (exact) mass is 258 g/mol. The van der Waals surface area contributed by atoms with Crippen LogP contribution in [0.4, 0.5) is 4.39 Å². The van der Waals surface area contributed by atoms with E-state index in [2.05, 4.69) is 10.3 Å². The first kappa shape index (κ1) is 13.8. The molecule has 1 aromatic heterocycles. The van der Waals surface area contributed by atoms with Crippen LogP contribution in [-0.2, 0) is 10.8 Å². The first-order valence-corrected chi connectivity index (χ1v) is 6.85. The molecule has 2 unspecified atom stereocenters. The SMILES string of the molecule is CC(CCNC(=O)c1ccnc(F)c1)S(C)=O. The average Bonchev–Trinajstić information content (AvgIpc) is 2.28. The van der Waals surface area contributed by atoms with Crippen LogP contribution < -0.4 is 5.32 Å². The summed E-state index contributed by atoms with van der Waals surface area (Å²) in [5, 5.41) is 2.68. The van der Waals surface area contributed by atoms with Crippen LogP contribution in [0.15, 0.2) is 18.3 Å². The lowest BCUT2D eigenvalue weighted by atomic mass is 10.2.